The number of alkyl halides is 6. The van der Waals surface area contributed by atoms with Crippen molar-refractivity contribution < 1.29 is 40.2 Å². The molecule has 2 aliphatic carbocycles. The summed E-state index contributed by atoms with van der Waals surface area (Å²) in [5.74, 6) is -1.59. The molecule has 0 aromatic heterocycles. The van der Waals surface area contributed by atoms with Gasteiger partial charge in [-0.15, -0.1) is 0 Å². The van der Waals surface area contributed by atoms with Gasteiger partial charge in [-0.2, -0.15) is 22.0 Å². The number of ether oxygens (including phenoxy) is 2. The summed E-state index contributed by atoms with van der Waals surface area (Å²) in [6.07, 6.45) is -4.92. The first-order valence-electron chi connectivity index (χ1n) is 12.2. The van der Waals surface area contributed by atoms with Crippen molar-refractivity contribution in [2.75, 3.05) is 0 Å². The molecule has 2 fully saturated rings. The quantitative estimate of drug-likeness (QED) is 0.317. The lowest BCUT2D eigenvalue weighted by Gasteiger charge is -2.36. The highest BCUT2D eigenvalue weighted by atomic mass is 19.4. The Labute approximate surface area is 196 Å². The van der Waals surface area contributed by atoms with Crippen LogP contribution in [0.15, 0.2) is 18.2 Å². The summed E-state index contributed by atoms with van der Waals surface area (Å²) < 4.78 is 102. The van der Waals surface area contributed by atoms with E-state index in [1.54, 1.807) is 0 Å². The molecule has 9 heteroatoms. The first kappa shape index (κ1) is 27.1. The summed E-state index contributed by atoms with van der Waals surface area (Å²) in [7, 11) is 0. The van der Waals surface area contributed by atoms with Crippen LogP contribution in [0.25, 0.3) is 0 Å². The molecule has 2 unspecified atom stereocenters. The summed E-state index contributed by atoms with van der Waals surface area (Å²) in [5, 5.41) is 0. The molecule has 0 N–H and O–H groups in total. The van der Waals surface area contributed by atoms with Gasteiger partial charge >= 0.3 is 12.3 Å². The third-order valence-corrected chi connectivity index (χ3v) is 7.02. The monoisotopic (exact) mass is 498 g/mol. The average molecular weight is 499 g/mol. The van der Waals surface area contributed by atoms with E-state index in [0.29, 0.717) is 11.5 Å². The fourth-order valence-electron chi connectivity index (χ4n) is 5.24. The van der Waals surface area contributed by atoms with Crippen LogP contribution in [-0.4, -0.2) is 24.6 Å². The first-order chi connectivity index (χ1) is 16.0. The number of hydrogen-bond donors (Lipinski definition) is 0. The summed E-state index contributed by atoms with van der Waals surface area (Å²) in [5.41, 5.74) is 0.434. The minimum atomic E-state index is -5.84. The van der Waals surface area contributed by atoms with Crippen LogP contribution in [-0.2, 0) is 4.74 Å². The molecule has 2 aliphatic rings. The molecule has 0 heterocycles. The van der Waals surface area contributed by atoms with Gasteiger partial charge in [0.1, 0.15) is 0 Å². The molecular formula is C25H33F7O2. The highest BCUT2D eigenvalue weighted by Crippen LogP contribution is 2.42. The van der Waals surface area contributed by atoms with Gasteiger partial charge in [0.2, 0.25) is 0 Å². The third-order valence-electron chi connectivity index (χ3n) is 7.02. The van der Waals surface area contributed by atoms with Crippen molar-refractivity contribution in [1.82, 2.24) is 0 Å². The van der Waals surface area contributed by atoms with Crippen molar-refractivity contribution >= 4 is 0 Å². The summed E-state index contributed by atoms with van der Waals surface area (Å²) >= 11 is 0. The SMILES string of the molecule is CCCC1CCC(OC(c2ccc(OC(F)(F)C(F)C(F)(F)F)c(F)c2)C2CCCCC2)CC1. The molecule has 0 bridgehead atoms. The van der Waals surface area contributed by atoms with Gasteiger partial charge in [0.25, 0.3) is 6.17 Å². The highest BCUT2D eigenvalue weighted by Gasteiger charge is 2.59. The van der Waals surface area contributed by atoms with Crippen LogP contribution in [0.4, 0.5) is 30.7 Å². The van der Waals surface area contributed by atoms with E-state index >= 15 is 0 Å². The molecule has 194 valence electrons. The molecule has 2 atom stereocenters. The number of hydrogen-bond acceptors (Lipinski definition) is 2. The molecule has 2 nitrogen and oxygen atoms in total. The van der Waals surface area contributed by atoms with Crippen LogP contribution in [0.2, 0.25) is 0 Å². The Morgan fingerprint density at radius 3 is 2.15 bits per heavy atom. The van der Waals surface area contributed by atoms with Crippen LogP contribution in [0.5, 0.6) is 5.75 Å². The maximum absolute atomic E-state index is 14.7. The van der Waals surface area contributed by atoms with Crippen molar-refractivity contribution in [3.63, 3.8) is 0 Å². The second kappa shape index (κ2) is 11.5. The van der Waals surface area contributed by atoms with E-state index in [0.717, 1.165) is 76.3 Å². The van der Waals surface area contributed by atoms with Gasteiger partial charge < -0.3 is 9.47 Å². The van der Waals surface area contributed by atoms with Crippen molar-refractivity contribution in [2.45, 2.75) is 108 Å². The third kappa shape index (κ3) is 7.01. The second-order valence-corrected chi connectivity index (χ2v) is 9.64. The Bertz CT molecular complexity index is 769. The van der Waals surface area contributed by atoms with Gasteiger partial charge in [0.05, 0.1) is 12.2 Å². The van der Waals surface area contributed by atoms with E-state index in [2.05, 4.69) is 11.7 Å². The van der Waals surface area contributed by atoms with Gasteiger partial charge in [0, 0.05) is 0 Å². The zero-order valence-corrected chi connectivity index (χ0v) is 19.4. The van der Waals surface area contributed by atoms with Gasteiger partial charge in [-0.25, -0.2) is 8.78 Å². The fraction of sp³-hybridized carbons (Fsp3) is 0.760. The van der Waals surface area contributed by atoms with Crippen LogP contribution in [0.1, 0.15) is 89.2 Å². The fourth-order valence-corrected chi connectivity index (χ4v) is 5.24. The molecule has 0 radical (unpaired) electrons. The van der Waals surface area contributed by atoms with Crippen LogP contribution in [0, 0.1) is 17.7 Å². The summed E-state index contributed by atoms with van der Waals surface area (Å²) in [6, 6.07) is 3.13. The Balaban J connectivity index is 1.75. The van der Waals surface area contributed by atoms with Gasteiger partial charge in [-0.1, -0.05) is 45.1 Å². The molecule has 1 aromatic rings. The van der Waals surface area contributed by atoms with Crippen LogP contribution in [0.3, 0.4) is 0 Å². The van der Waals surface area contributed by atoms with E-state index in [4.69, 9.17) is 4.74 Å². The maximum Gasteiger partial charge on any atom is 0.439 e. The van der Waals surface area contributed by atoms with Crippen LogP contribution >= 0.6 is 0 Å². The Kier molecular flexibility index (Phi) is 9.15. The lowest BCUT2D eigenvalue weighted by molar-refractivity contribution is -0.305. The molecular weight excluding hydrogens is 465 g/mol. The van der Waals surface area contributed by atoms with Crippen molar-refractivity contribution in [3.05, 3.63) is 29.6 Å². The van der Waals surface area contributed by atoms with E-state index < -0.39 is 36.1 Å². The number of halogens is 7. The second-order valence-electron chi connectivity index (χ2n) is 9.64. The van der Waals surface area contributed by atoms with E-state index in [1.807, 2.05) is 0 Å². The van der Waals surface area contributed by atoms with E-state index in [1.165, 1.54) is 12.5 Å². The molecule has 0 aliphatic heterocycles. The first-order valence-corrected chi connectivity index (χ1v) is 12.2. The molecule has 0 spiro atoms. The Hall–Kier alpha value is -1.51. The average Bonchev–Trinajstić information content (AvgIpc) is 2.79. The van der Waals surface area contributed by atoms with E-state index in [9.17, 15) is 30.7 Å². The normalized spacial score (nSPS) is 24.6. The Morgan fingerprint density at radius 1 is 0.941 bits per heavy atom. The standard InChI is InChI=1S/C25H33F7O2/c1-2-6-16-9-12-19(13-10-16)33-22(17-7-4-3-5-8-17)18-11-14-21(20(26)15-18)34-25(31,32)23(27)24(28,29)30/h11,14-17,19,22-23H,2-10,12-13H2,1H3. The largest absolute Gasteiger partial charge is 0.439 e. The maximum atomic E-state index is 14.7. The van der Waals surface area contributed by atoms with Gasteiger partial charge in [0.15, 0.2) is 11.6 Å². The molecule has 1 aromatic carbocycles. The number of benzene rings is 1. The predicted octanol–water partition coefficient (Wildman–Crippen LogP) is 8.69. The molecule has 2 saturated carbocycles. The van der Waals surface area contributed by atoms with Gasteiger partial charge in [-0.3, -0.25) is 0 Å². The summed E-state index contributed by atoms with van der Waals surface area (Å²) in [6.45, 7) is 2.16. The lowest BCUT2D eigenvalue weighted by Crippen LogP contribution is -2.45. The molecule has 0 amide bonds. The van der Waals surface area contributed by atoms with Crippen molar-refractivity contribution in [2.24, 2.45) is 11.8 Å². The van der Waals surface area contributed by atoms with Crippen molar-refractivity contribution in [3.8, 4) is 5.75 Å². The molecule has 3 rings (SSSR count). The zero-order valence-electron chi connectivity index (χ0n) is 19.4. The summed E-state index contributed by atoms with van der Waals surface area (Å²) in [4.78, 5) is 0. The lowest BCUT2D eigenvalue weighted by atomic mass is 9.81. The minimum absolute atomic E-state index is 0.0161. The zero-order chi connectivity index (χ0) is 24.9. The predicted molar refractivity (Wildman–Crippen MR) is 114 cm³/mol. The smallest absolute Gasteiger partial charge is 0.427 e. The minimum Gasteiger partial charge on any atom is -0.427 e. The van der Waals surface area contributed by atoms with E-state index in [-0.39, 0.29) is 12.0 Å². The molecule has 0 saturated heterocycles. The Morgan fingerprint density at radius 2 is 1.59 bits per heavy atom. The molecule has 34 heavy (non-hydrogen) atoms. The van der Waals surface area contributed by atoms with Crippen LogP contribution < -0.4 is 4.74 Å². The topological polar surface area (TPSA) is 18.5 Å². The number of rotatable bonds is 9. The van der Waals surface area contributed by atoms with Gasteiger partial charge in [-0.05, 0) is 68.1 Å². The highest BCUT2D eigenvalue weighted by molar-refractivity contribution is 5.31. The van der Waals surface area contributed by atoms with Crippen molar-refractivity contribution in [1.29, 1.82) is 0 Å².